The van der Waals surface area contributed by atoms with Gasteiger partial charge in [-0.25, -0.2) is 0 Å². The molecule has 3 atom stereocenters. The Morgan fingerprint density at radius 1 is 0.885 bits per heavy atom. The zero-order valence-electron chi connectivity index (χ0n) is 16.5. The number of carbonyl (C=O) groups excluding carboxylic acids is 2. The van der Waals surface area contributed by atoms with Gasteiger partial charge < -0.3 is 10.6 Å². The highest BCUT2D eigenvalue weighted by molar-refractivity contribution is 5.80. The van der Waals surface area contributed by atoms with Crippen LogP contribution in [-0.2, 0) is 9.59 Å². The first kappa shape index (κ1) is 19.7. The predicted molar refractivity (Wildman–Crippen MR) is 104 cm³/mol. The summed E-state index contributed by atoms with van der Waals surface area (Å²) in [6, 6.07) is 0.717. The lowest BCUT2D eigenvalue weighted by Gasteiger charge is -2.34. The van der Waals surface area contributed by atoms with Gasteiger partial charge in [0.15, 0.2) is 0 Å². The fraction of sp³-hybridized carbons (Fsp3) is 0.905. The van der Waals surface area contributed by atoms with Gasteiger partial charge in [0.2, 0.25) is 11.8 Å². The molecule has 26 heavy (non-hydrogen) atoms. The lowest BCUT2D eigenvalue weighted by atomic mass is 9.86. The van der Waals surface area contributed by atoms with Crippen LogP contribution in [0.3, 0.4) is 0 Å². The van der Waals surface area contributed by atoms with Crippen molar-refractivity contribution in [3.8, 4) is 0 Å². The first-order valence-corrected chi connectivity index (χ1v) is 10.9. The second-order valence-corrected chi connectivity index (χ2v) is 8.85. The number of amides is 2. The molecule has 0 aromatic carbocycles. The van der Waals surface area contributed by atoms with E-state index in [2.05, 4.69) is 22.5 Å². The molecule has 3 rings (SSSR count). The number of nitrogens with one attached hydrogen (secondary N) is 2. The molecule has 0 radical (unpaired) electrons. The molecule has 2 N–H and O–H groups in total. The van der Waals surface area contributed by atoms with Crippen LogP contribution >= 0.6 is 0 Å². The minimum Gasteiger partial charge on any atom is -0.353 e. The van der Waals surface area contributed by atoms with Gasteiger partial charge in [-0.05, 0) is 51.0 Å². The van der Waals surface area contributed by atoms with E-state index >= 15 is 0 Å². The van der Waals surface area contributed by atoms with Crippen LogP contribution in [0.5, 0.6) is 0 Å². The molecule has 1 saturated heterocycles. The molecule has 1 aliphatic heterocycles. The molecule has 148 valence electrons. The summed E-state index contributed by atoms with van der Waals surface area (Å²) >= 11 is 0. The largest absolute Gasteiger partial charge is 0.353 e. The predicted octanol–water partition coefficient (Wildman–Crippen LogP) is 2.84. The fourth-order valence-corrected chi connectivity index (χ4v) is 4.97. The number of piperidine rings is 1. The molecule has 2 amide bonds. The highest BCUT2D eigenvalue weighted by Gasteiger charge is 2.29. The number of likely N-dealkylation sites (tertiary alicyclic amines) is 1. The van der Waals surface area contributed by atoms with Crippen molar-refractivity contribution in [1.29, 1.82) is 0 Å². The van der Waals surface area contributed by atoms with Crippen LogP contribution in [0, 0.1) is 11.8 Å². The minimum atomic E-state index is 0.0482. The average molecular weight is 364 g/mol. The van der Waals surface area contributed by atoms with E-state index in [1.807, 2.05) is 0 Å². The highest BCUT2D eigenvalue weighted by Crippen LogP contribution is 2.24. The van der Waals surface area contributed by atoms with Gasteiger partial charge in [-0.1, -0.05) is 39.0 Å². The number of nitrogens with zero attached hydrogens (tertiary/aromatic N) is 1. The normalized spacial score (nSPS) is 31.3. The van der Waals surface area contributed by atoms with Crippen molar-refractivity contribution in [2.45, 2.75) is 89.6 Å². The van der Waals surface area contributed by atoms with Gasteiger partial charge in [-0.15, -0.1) is 0 Å². The van der Waals surface area contributed by atoms with Gasteiger partial charge in [-0.3, -0.25) is 14.5 Å². The molecule has 5 heteroatoms. The van der Waals surface area contributed by atoms with E-state index in [0.29, 0.717) is 24.5 Å². The van der Waals surface area contributed by atoms with Crippen LogP contribution in [0.4, 0.5) is 0 Å². The summed E-state index contributed by atoms with van der Waals surface area (Å²) in [4.78, 5) is 27.3. The van der Waals surface area contributed by atoms with Crippen molar-refractivity contribution in [3.05, 3.63) is 0 Å². The van der Waals surface area contributed by atoms with Crippen molar-refractivity contribution in [2.75, 3.05) is 19.6 Å². The quantitative estimate of drug-likeness (QED) is 0.789. The molecule has 0 aromatic rings. The second-order valence-electron chi connectivity index (χ2n) is 8.85. The molecule has 5 nitrogen and oxygen atoms in total. The molecule has 2 aliphatic carbocycles. The van der Waals surface area contributed by atoms with Crippen LogP contribution in [0.15, 0.2) is 0 Å². The van der Waals surface area contributed by atoms with Gasteiger partial charge in [0, 0.05) is 18.6 Å². The average Bonchev–Trinajstić information content (AvgIpc) is 2.64. The molecule has 1 heterocycles. The molecule has 0 bridgehead atoms. The Morgan fingerprint density at radius 3 is 2.38 bits per heavy atom. The minimum absolute atomic E-state index is 0.0482. The van der Waals surface area contributed by atoms with Crippen molar-refractivity contribution in [3.63, 3.8) is 0 Å². The third-order valence-corrected chi connectivity index (χ3v) is 6.65. The van der Waals surface area contributed by atoms with Crippen molar-refractivity contribution in [1.82, 2.24) is 15.5 Å². The van der Waals surface area contributed by atoms with Crippen LogP contribution < -0.4 is 10.6 Å². The summed E-state index contributed by atoms with van der Waals surface area (Å²) in [6.07, 6.45) is 12.8. The van der Waals surface area contributed by atoms with Crippen LogP contribution in [-0.4, -0.2) is 48.4 Å². The molecule has 0 spiro atoms. The van der Waals surface area contributed by atoms with Crippen molar-refractivity contribution >= 4 is 11.8 Å². The Morgan fingerprint density at radius 2 is 1.62 bits per heavy atom. The van der Waals surface area contributed by atoms with Crippen LogP contribution in [0.25, 0.3) is 0 Å². The van der Waals surface area contributed by atoms with Gasteiger partial charge in [0.05, 0.1) is 12.5 Å². The topological polar surface area (TPSA) is 61.4 Å². The van der Waals surface area contributed by atoms with E-state index < -0.39 is 0 Å². The molecule has 3 fully saturated rings. The van der Waals surface area contributed by atoms with Crippen LogP contribution in [0.1, 0.15) is 77.6 Å². The summed E-state index contributed by atoms with van der Waals surface area (Å²) in [6.45, 7) is 4.35. The van der Waals surface area contributed by atoms with Gasteiger partial charge >= 0.3 is 0 Å². The van der Waals surface area contributed by atoms with Crippen molar-refractivity contribution < 1.29 is 9.59 Å². The number of hydrogen-bond acceptors (Lipinski definition) is 3. The maximum Gasteiger partial charge on any atom is 0.234 e. The molecule has 3 aliphatic rings. The molecule has 2 saturated carbocycles. The van der Waals surface area contributed by atoms with E-state index in [9.17, 15) is 9.59 Å². The summed E-state index contributed by atoms with van der Waals surface area (Å²) < 4.78 is 0. The van der Waals surface area contributed by atoms with E-state index in [1.165, 1.54) is 38.5 Å². The Hall–Kier alpha value is -1.10. The van der Waals surface area contributed by atoms with Crippen LogP contribution in [0.2, 0.25) is 0 Å². The summed E-state index contributed by atoms with van der Waals surface area (Å²) in [5.41, 5.74) is 0. The highest BCUT2D eigenvalue weighted by atomic mass is 16.2. The lowest BCUT2D eigenvalue weighted by molar-refractivity contribution is -0.130. The molecular weight excluding hydrogens is 326 g/mol. The zero-order valence-corrected chi connectivity index (χ0v) is 16.5. The first-order valence-electron chi connectivity index (χ1n) is 10.9. The first-order chi connectivity index (χ1) is 12.6. The fourth-order valence-electron chi connectivity index (χ4n) is 4.97. The zero-order chi connectivity index (χ0) is 18.4. The van der Waals surface area contributed by atoms with E-state index in [1.54, 1.807) is 0 Å². The number of rotatable bonds is 5. The molecular formula is C21H37N3O2. The smallest absolute Gasteiger partial charge is 0.234 e. The van der Waals surface area contributed by atoms with Gasteiger partial charge in [-0.2, -0.15) is 0 Å². The maximum atomic E-state index is 12.6. The summed E-state index contributed by atoms with van der Waals surface area (Å²) in [7, 11) is 0. The molecule has 0 aromatic heterocycles. The lowest BCUT2D eigenvalue weighted by Crippen LogP contribution is -2.50. The Labute approximate surface area is 158 Å². The molecule has 3 unspecified atom stereocenters. The van der Waals surface area contributed by atoms with E-state index in [0.717, 1.165) is 45.2 Å². The third kappa shape index (κ3) is 5.70. The summed E-state index contributed by atoms with van der Waals surface area (Å²) in [5.74, 6) is 0.982. The third-order valence-electron chi connectivity index (χ3n) is 6.65. The van der Waals surface area contributed by atoms with Gasteiger partial charge in [0.1, 0.15) is 0 Å². The maximum absolute atomic E-state index is 12.6. The van der Waals surface area contributed by atoms with Crippen molar-refractivity contribution in [2.24, 2.45) is 11.8 Å². The second kappa shape index (κ2) is 9.72. The monoisotopic (exact) mass is 363 g/mol. The Balaban J connectivity index is 1.42. The van der Waals surface area contributed by atoms with E-state index in [-0.39, 0.29) is 17.7 Å². The Bertz CT molecular complexity index is 476. The number of hydrogen-bond donors (Lipinski definition) is 2. The standard InChI is InChI=1S/C21H37N3O2/c1-16-8-5-6-12-19(16)23-20(25)15-24-13-7-9-17(14-24)21(26)22-18-10-3-2-4-11-18/h16-19H,2-15H2,1H3,(H,22,26)(H,23,25). The van der Waals surface area contributed by atoms with E-state index in [4.69, 9.17) is 0 Å². The summed E-state index contributed by atoms with van der Waals surface area (Å²) in [5, 5.41) is 6.51. The number of carbonyl (C=O) groups is 2. The Kier molecular flexibility index (Phi) is 7.35. The SMILES string of the molecule is CC1CCCCC1NC(=O)CN1CCCC(C(=O)NC2CCCCC2)C1. The van der Waals surface area contributed by atoms with Gasteiger partial charge in [0.25, 0.3) is 0 Å².